The summed E-state index contributed by atoms with van der Waals surface area (Å²) in [5.74, 6) is 0.00661. The first-order valence-electron chi connectivity index (χ1n) is 7.94. The number of amides is 1. The number of carbonyl (C=O) groups is 1. The Morgan fingerprint density at radius 3 is 2.36 bits per heavy atom. The maximum Gasteiger partial charge on any atom is 0.269 e. The summed E-state index contributed by atoms with van der Waals surface area (Å²) < 4.78 is 13.0. The number of halogens is 1. The van der Waals surface area contributed by atoms with Crippen LogP contribution in [0.4, 0.5) is 10.1 Å². The monoisotopic (exact) mass is 360 g/mol. The molecule has 0 bridgehead atoms. The summed E-state index contributed by atoms with van der Waals surface area (Å²) in [5, 5.41) is 10.7. The maximum atomic E-state index is 13.0. The standard InChI is InChI=1S/C18H17FN2O3S/c19-14-3-1-13(2-4-14)11-20(15-5-6-15)18(22)12-25-17-9-7-16(8-10-17)21(23)24/h1-4,7-10,15H,5-6,11-12H2. The van der Waals surface area contributed by atoms with Gasteiger partial charge in [-0.2, -0.15) is 0 Å². The highest BCUT2D eigenvalue weighted by molar-refractivity contribution is 8.00. The third-order valence-corrected chi connectivity index (χ3v) is 4.98. The van der Waals surface area contributed by atoms with Gasteiger partial charge in [-0.25, -0.2) is 4.39 Å². The molecule has 0 saturated heterocycles. The summed E-state index contributed by atoms with van der Waals surface area (Å²) in [6.45, 7) is 0.477. The van der Waals surface area contributed by atoms with Crippen LogP contribution in [0.3, 0.4) is 0 Å². The van der Waals surface area contributed by atoms with Gasteiger partial charge in [0.15, 0.2) is 0 Å². The molecule has 0 N–H and O–H groups in total. The summed E-state index contributed by atoms with van der Waals surface area (Å²) in [4.78, 5) is 25.4. The van der Waals surface area contributed by atoms with Crippen LogP contribution < -0.4 is 0 Å². The van der Waals surface area contributed by atoms with Crippen molar-refractivity contribution in [2.24, 2.45) is 0 Å². The van der Waals surface area contributed by atoms with E-state index in [4.69, 9.17) is 0 Å². The highest BCUT2D eigenvalue weighted by atomic mass is 32.2. The molecule has 1 aliphatic carbocycles. The molecule has 5 nitrogen and oxygen atoms in total. The van der Waals surface area contributed by atoms with Crippen molar-refractivity contribution in [1.82, 2.24) is 4.90 Å². The minimum absolute atomic E-state index is 0.0233. The predicted molar refractivity (Wildman–Crippen MR) is 93.8 cm³/mol. The first-order valence-corrected chi connectivity index (χ1v) is 8.92. The zero-order valence-electron chi connectivity index (χ0n) is 13.4. The lowest BCUT2D eigenvalue weighted by Gasteiger charge is -2.22. The molecule has 25 heavy (non-hydrogen) atoms. The molecule has 1 saturated carbocycles. The van der Waals surface area contributed by atoms with Crippen LogP contribution in [0.2, 0.25) is 0 Å². The molecule has 0 spiro atoms. The molecule has 2 aromatic rings. The molecule has 0 aromatic heterocycles. The van der Waals surface area contributed by atoms with Gasteiger partial charge in [0, 0.05) is 29.6 Å². The van der Waals surface area contributed by atoms with E-state index < -0.39 is 4.92 Å². The molecule has 0 atom stereocenters. The average molecular weight is 360 g/mol. The van der Waals surface area contributed by atoms with Crippen molar-refractivity contribution in [2.45, 2.75) is 30.3 Å². The minimum Gasteiger partial charge on any atom is -0.335 e. The van der Waals surface area contributed by atoms with Crippen LogP contribution in [-0.4, -0.2) is 27.5 Å². The van der Waals surface area contributed by atoms with E-state index in [0.29, 0.717) is 6.54 Å². The Bertz CT molecular complexity index is 761. The molecular weight excluding hydrogens is 343 g/mol. The summed E-state index contributed by atoms with van der Waals surface area (Å²) in [7, 11) is 0. The van der Waals surface area contributed by atoms with Crippen molar-refractivity contribution in [3.05, 3.63) is 70.0 Å². The number of thioether (sulfide) groups is 1. The number of nitrogens with zero attached hydrogens (tertiary/aromatic N) is 2. The van der Waals surface area contributed by atoms with Crippen molar-refractivity contribution in [1.29, 1.82) is 0 Å². The average Bonchev–Trinajstić information content (AvgIpc) is 3.44. The number of carbonyl (C=O) groups excluding carboxylic acids is 1. The number of non-ortho nitro benzene ring substituents is 1. The second kappa shape index (κ2) is 7.65. The van der Waals surface area contributed by atoms with E-state index in [2.05, 4.69) is 0 Å². The van der Waals surface area contributed by atoms with E-state index in [-0.39, 0.29) is 29.2 Å². The second-order valence-corrected chi connectivity index (χ2v) is 6.97. The smallest absolute Gasteiger partial charge is 0.269 e. The zero-order valence-corrected chi connectivity index (χ0v) is 14.2. The van der Waals surface area contributed by atoms with Gasteiger partial charge in [0.25, 0.3) is 5.69 Å². The summed E-state index contributed by atoms with van der Waals surface area (Å²) in [6, 6.07) is 12.6. The molecule has 3 rings (SSSR count). The van der Waals surface area contributed by atoms with Gasteiger partial charge in [-0.15, -0.1) is 11.8 Å². The maximum absolute atomic E-state index is 13.0. The van der Waals surface area contributed by atoms with E-state index in [1.54, 1.807) is 24.3 Å². The Balaban J connectivity index is 1.59. The topological polar surface area (TPSA) is 63.4 Å². The Kier molecular flexibility index (Phi) is 5.33. The van der Waals surface area contributed by atoms with Crippen LogP contribution in [0.1, 0.15) is 18.4 Å². The van der Waals surface area contributed by atoms with Crippen LogP contribution in [0, 0.1) is 15.9 Å². The zero-order chi connectivity index (χ0) is 17.8. The first kappa shape index (κ1) is 17.4. The lowest BCUT2D eigenvalue weighted by Crippen LogP contribution is -2.33. The second-order valence-electron chi connectivity index (χ2n) is 5.92. The molecule has 1 amide bonds. The van der Waals surface area contributed by atoms with Crippen LogP contribution >= 0.6 is 11.8 Å². The largest absolute Gasteiger partial charge is 0.335 e. The summed E-state index contributed by atoms with van der Waals surface area (Å²) in [5.41, 5.74) is 0.938. The molecule has 0 radical (unpaired) electrons. The SMILES string of the molecule is O=C(CSc1ccc([N+](=O)[O-])cc1)N(Cc1ccc(F)cc1)C1CC1. The van der Waals surface area contributed by atoms with Gasteiger partial charge in [0.1, 0.15) is 5.82 Å². The van der Waals surface area contributed by atoms with E-state index in [0.717, 1.165) is 23.3 Å². The molecule has 0 heterocycles. The molecule has 1 aliphatic rings. The molecule has 0 aliphatic heterocycles. The van der Waals surface area contributed by atoms with Gasteiger partial charge in [0.05, 0.1) is 10.7 Å². The number of nitro groups is 1. The fourth-order valence-corrected chi connectivity index (χ4v) is 3.27. The van der Waals surface area contributed by atoms with E-state index in [1.165, 1.54) is 36.0 Å². The van der Waals surface area contributed by atoms with Gasteiger partial charge in [-0.1, -0.05) is 12.1 Å². The summed E-state index contributed by atoms with van der Waals surface area (Å²) in [6.07, 6.45) is 1.99. The van der Waals surface area contributed by atoms with Crippen molar-refractivity contribution in [3.63, 3.8) is 0 Å². The lowest BCUT2D eigenvalue weighted by atomic mass is 10.2. The van der Waals surface area contributed by atoms with Crippen LogP contribution in [0.5, 0.6) is 0 Å². The molecule has 7 heteroatoms. The van der Waals surface area contributed by atoms with Gasteiger partial charge >= 0.3 is 0 Å². The number of rotatable bonds is 7. The van der Waals surface area contributed by atoms with Gasteiger partial charge in [-0.05, 0) is 42.7 Å². The number of benzene rings is 2. The van der Waals surface area contributed by atoms with E-state index in [1.807, 2.05) is 4.90 Å². The highest BCUT2D eigenvalue weighted by Gasteiger charge is 2.32. The quantitative estimate of drug-likeness (QED) is 0.425. The third-order valence-electron chi connectivity index (χ3n) is 3.98. The Morgan fingerprint density at radius 1 is 1.16 bits per heavy atom. The third kappa shape index (κ3) is 4.79. The van der Waals surface area contributed by atoms with Gasteiger partial charge in [0.2, 0.25) is 5.91 Å². The van der Waals surface area contributed by atoms with Crippen LogP contribution in [0.15, 0.2) is 53.4 Å². The highest BCUT2D eigenvalue weighted by Crippen LogP contribution is 2.30. The van der Waals surface area contributed by atoms with Gasteiger partial charge < -0.3 is 4.90 Å². The Labute approximate surface area is 149 Å². The molecular formula is C18H17FN2O3S. The van der Waals surface area contributed by atoms with Crippen molar-refractivity contribution in [3.8, 4) is 0 Å². The predicted octanol–water partition coefficient (Wildman–Crippen LogP) is 4.02. The fraction of sp³-hybridized carbons (Fsp3) is 0.278. The number of hydrogen-bond acceptors (Lipinski definition) is 4. The molecule has 130 valence electrons. The Hall–Kier alpha value is -2.41. The van der Waals surface area contributed by atoms with Gasteiger partial charge in [-0.3, -0.25) is 14.9 Å². The van der Waals surface area contributed by atoms with Crippen LogP contribution in [0.25, 0.3) is 0 Å². The first-order chi connectivity index (χ1) is 12.0. The van der Waals surface area contributed by atoms with Crippen LogP contribution in [-0.2, 0) is 11.3 Å². The lowest BCUT2D eigenvalue weighted by molar-refractivity contribution is -0.384. The van der Waals surface area contributed by atoms with E-state index in [9.17, 15) is 19.3 Å². The molecule has 2 aromatic carbocycles. The van der Waals surface area contributed by atoms with Crippen molar-refractivity contribution in [2.75, 3.05) is 5.75 Å². The van der Waals surface area contributed by atoms with Crippen molar-refractivity contribution < 1.29 is 14.1 Å². The number of hydrogen-bond donors (Lipinski definition) is 0. The normalized spacial score (nSPS) is 13.5. The fourth-order valence-electron chi connectivity index (χ4n) is 2.49. The van der Waals surface area contributed by atoms with E-state index >= 15 is 0 Å². The Morgan fingerprint density at radius 2 is 1.80 bits per heavy atom. The molecule has 1 fully saturated rings. The number of nitro benzene ring substituents is 1. The minimum atomic E-state index is -0.447. The molecule has 0 unspecified atom stereocenters. The summed E-state index contributed by atoms with van der Waals surface area (Å²) >= 11 is 1.36. The van der Waals surface area contributed by atoms with Crippen molar-refractivity contribution >= 4 is 23.4 Å².